The Morgan fingerprint density at radius 2 is 1.95 bits per heavy atom. The zero-order chi connectivity index (χ0) is 14.0. The number of anilines is 1. The van der Waals surface area contributed by atoms with E-state index < -0.39 is 6.36 Å². The maximum atomic E-state index is 12.4. The molecule has 0 saturated heterocycles. The molecule has 0 aliphatic carbocycles. The molecule has 2 rings (SSSR count). The van der Waals surface area contributed by atoms with Crippen molar-refractivity contribution in [3.05, 3.63) is 29.4 Å². The monoisotopic (exact) mass is 293 g/mol. The van der Waals surface area contributed by atoms with Gasteiger partial charge in [0.05, 0.1) is 7.11 Å². The zero-order valence-electron chi connectivity index (χ0n) is 10.00. The van der Waals surface area contributed by atoms with Gasteiger partial charge in [-0.05, 0) is 12.1 Å². The Morgan fingerprint density at radius 3 is 2.47 bits per heavy atom. The Hall–Kier alpha value is -1.56. The van der Waals surface area contributed by atoms with Crippen molar-refractivity contribution in [2.75, 3.05) is 18.6 Å². The average molecular weight is 294 g/mol. The third kappa shape index (κ3) is 3.26. The quantitative estimate of drug-likeness (QED) is 0.844. The van der Waals surface area contributed by atoms with Crippen LogP contribution >= 0.6 is 11.6 Å². The van der Waals surface area contributed by atoms with Crippen LogP contribution in [0.2, 0.25) is 0 Å². The SMILES string of the molecule is COc1cccc(OC(F)(F)F)c1N1C=C(Cl)CC1. The van der Waals surface area contributed by atoms with E-state index in [0.717, 1.165) is 0 Å². The number of ether oxygens (including phenoxy) is 2. The number of methoxy groups -OCH3 is 1. The molecule has 104 valence electrons. The summed E-state index contributed by atoms with van der Waals surface area (Å²) in [4.78, 5) is 1.59. The molecule has 1 aromatic carbocycles. The van der Waals surface area contributed by atoms with Gasteiger partial charge >= 0.3 is 6.36 Å². The van der Waals surface area contributed by atoms with Gasteiger partial charge in [-0.1, -0.05) is 17.7 Å². The molecule has 0 N–H and O–H groups in total. The summed E-state index contributed by atoms with van der Waals surface area (Å²) < 4.78 is 46.3. The lowest BCUT2D eigenvalue weighted by atomic mass is 10.2. The number of alkyl halides is 3. The molecular formula is C12H11ClF3NO2. The summed E-state index contributed by atoms with van der Waals surface area (Å²) in [5.74, 6) is -0.0150. The van der Waals surface area contributed by atoms with E-state index in [4.69, 9.17) is 16.3 Å². The lowest BCUT2D eigenvalue weighted by Crippen LogP contribution is -2.21. The van der Waals surface area contributed by atoms with Gasteiger partial charge in [-0.15, -0.1) is 13.2 Å². The molecule has 0 radical (unpaired) electrons. The van der Waals surface area contributed by atoms with Crippen LogP contribution in [0.15, 0.2) is 29.4 Å². The van der Waals surface area contributed by atoms with E-state index in [9.17, 15) is 13.2 Å². The van der Waals surface area contributed by atoms with E-state index >= 15 is 0 Å². The van der Waals surface area contributed by atoms with E-state index in [1.807, 2.05) is 0 Å². The van der Waals surface area contributed by atoms with Gasteiger partial charge in [0.2, 0.25) is 0 Å². The van der Waals surface area contributed by atoms with E-state index in [1.165, 1.54) is 19.2 Å². The molecule has 1 aromatic rings. The normalized spacial score (nSPS) is 15.4. The molecule has 0 aromatic heterocycles. The van der Waals surface area contributed by atoms with E-state index in [1.54, 1.807) is 17.2 Å². The maximum absolute atomic E-state index is 12.4. The molecule has 0 amide bonds. The standard InChI is InChI=1S/C12H11ClF3NO2/c1-18-9-3-2-4-10(19-12(14,15)16)11(9)17-6-5-8(13)7-17/h2-4,7H,5-6H2,1H3. The fraction of sp³-hybridized carbons (Fsp3) is 0.333. The van der Waals surface area contributed by atoms with E-state index in [2.05, 4.69) is 4.74 Å². The topological polar surface area (TPSA) is 21.7 Å². The van der Waals surface area contributed by atoms with E-state index in [0.29, 0.717) is 23.7 Å². The largest absolute Gasteiger partial charge is 0.573 e. The highest BCUT2D eigenvalue weighted by Gasteiger charge is 2.34. The number of hydrogen-bond acceptors (Lipinski definition) is 3. The first-order valence-corrected chi connectivity index (χ1v) is 5.84. The van der Waals surface area contributed by atoms with Crippen molar-refractivity contribution in [1.82, 2.24) is 0 Å². The van der Waals surface area contributed by atoms with Crippen LogP contribution in [-0.4, -0.2) is 20.0 Å². The lowest BCUT2D eigenvalue weighted by Gasteiger charge is -2.22. The molecule has 0 fully saturated rings. The van der Waals surface area contributed by atoms with Crippen molar-refractivity contribution in [1.29, 1.82) is 0 Å². The maximum Gasteiger partial charge on any atom is 0.573 e. The second kappa shape index (κ2) is 5.21. The minimum atomic E-state index is -4.76. The third-order valence-corrected chi connectivity index (χ3v) is 2.87. The highest BCUT2D eigenvalue weighted by atomic mass is 35.5. The summed E-state index contributed by atoms with van der Waals surface area (Å²) in [6.07, 6.45) is -2.61. The number of para-hydroxylation sites is 1. The van der Waals surface area contributed by atoms with Crippen molar-refractivity contribution in [2.24, 2.45) is 0 Å². The predicted molar refractivity (Wildman–Crippen MR) is 65.6 cm³/mol. The first kappa shape index (κ1) is 13.9. The summed E-state index contributed by atoms with van der Waals surface area (Å²) >= 11 is 5.85. The molecule has 1 heterocycles. The van der Waals surface area contributed by atoms with Crippen LogP contribution in [0, 0.1) is 0 Å². The smallest absolute Gasteiger partial charge is 0.494 e. The molecule has 0 atom stereocenters. The number of rotatable bonds is 3. The second-order valence-electron chi connectivity index (χ2n) is 3.87. The summed E-state index contributed by atoms with van der Waals surface area (Å²) in [6.45, 7) is 0.480. The van der Waals surface area contributed by atoms with Gasteiger partial charge in [-0.25, -0.2) is 0 Å². The van der Waals surface area contributed by atoms with Crippen molar-refractivity contribution in [2.45, 2.75) is 12.8 Å². The molecule has 19 heavy (non-hydrogen) atoms. The molecule has 1 aliphatic rings. The summed E-state index contributed by atoms with van der Waals surface area (Å²) in [5.41, 5.74) is 0.220. The van der Waals surface area contributed by atoms with Gasteiger partial charge in [0.25, 0.3) is 0 Å². The van der Waals surface area contributed by atoms with Crippen LogP contribution in [-0.2, 0) is 0 Å². The molecule has 7 heteroatoms. The molecule has 0 spiro atoms. The van der Waals surface area contributed by atoms with Gasteiger partial charge in [0.1, 0.15) is 11.4 Å². The molecule has 0 unspecified atom stereocenters. The molecule has 3 nitrogen and oxygen atoms in total. The minimum absolute atomic E-state index is 0.220. The number of nitrogens with zero attached hydrogens (tertiary/aromatic N) is 1. The van der Waals surface area contributed by atoms with Crippen LogP contribution < -0.4 is 14.4 Å². The first-order valence-electron chi connectivity index (χ1n) is 5.46. The summed E-state index contributed by atoms with van der Waals surface area (Å²) in [5, 5.41) is 0.573. The Balaban J connectivity index is 2.43. The zero-order valence-corrected chi connectivity index (χ0v) is 10.8. The van der Waals surface area contributed by atoms with Crippen LogP contribution in [0.25, 0.3) is 0 Å². The number of benzene rings is 1. The van der Waals surface area contributed by atoms with Crippen molar-refractivity contribution in [3.63, 3.8) is 0 Å². The van der Waals surface area contributed by atoms with Crippen molar-refractivity contribution >= 4 is 17.3 Å². The van der Waals surface area contributed by atoms with Crippen molar-refractivity contribution < 1.29 is 22.6 Å². The Morgan fingerprint density at radius 1 is 1.26 bits per heavy atom. The van der Waals surface area contributed by atoms with Gasteiger partial charge in [0.15, 0.2) is 5.75 Å². The van der Waals surface area contributed by atoms with Gasteiger partial charge in [-0.3, -0.25) is 0 Å². The lowest BCUT2D eigenvalue weighted by molar-refractivity contribution is -0.274. The van der Waals surface area contributed by atoms with E-state index in [-0.39, 0.29) is 11.4 Å². The molecule has 0 bridgehead atoms. The van der Waals surface area contributed by atoms with Crippen LogP contribution in [0.4, 0.5) is 18.9 Å². The number of hydrogen-bond donors (Lipinski definition) is 0. The number of halogens is 4. The van der Waals surface area contributed by atoms with Gasteiger partial charge < -0.3 is 14.4 Å². The highest BCUT2D eigenvalue weighted by Crippen LogP contribution is 2.42. The summed E-state index contributed by atoms with van der Waals surface area (Å²) in [6, 6.07) is 4.24. The van der Waals surface area contributed by atoms with Crippen LogP contribution in [0.1, 0.15) is 6.42 Å². The third-order valence-electron chi connectivity index (χ3n) is 2.58. The summed E-state index contributed by atoms with van der Waals surface area (Å²) in [7, 11) is 1.39. The Labute approximate surface area is 113 Å². The fourth-order valence-corrected chi connectivity index (χ4v) is 2.06. The van der Waals surface area contributed by atoms with Crippen LogP contribution in [0.3, 0.4) is 0 Å². The molecule has 1 aliphatic heterocycles. The Kier molecular flexibility index (Phi) is 3.80. The van der Waals surface area contributed by atoms with Gasteiger partial charge in [-0.2, -0.15) is 0 Å². The predicted octanol–water partition coefficient (Wildman–Crippen LogP) is 3.88. The van der Waals surface area contributed by atoms with Crippen LogP contribution in [0.5, 0.6) is 11.5 Å². The first-order chi connectivity index (χ1) is 8.90. The van der Waals surface area contributed by atoms with Gasteiger partial charge in [0, 0.05) is 24.2 Å². The second-order valence-corrected chi connectivity index (χ2v) is 4.36. The average Bonchev–Trinajstić information content (AvgIpc) is 2.73. The molecular weight excluding hydrogens is 283 g/mol. The Bertz CT molecular complexity index is 502. The molecule has 0 saturated carbocycles. The van der Waals surface area contributed by atoms with Crippen molar-refractivity contribution in [3.8, 4) is 11.5 Å². The minimum Gasteiger partial charge on any atom is -0.494 e. The fourth-order valence-electron chi connectivity index (χ4n) is 1.86. The highest BCUT2D eigenvalue weighted by molar-refractivity contribution is 6.30.